The Hall–Kier alpha value is -2.81. The minimum atomic E-state index is -1.96. The second kappa shape index (κ2) is 21.9. The van der Waals surface area contributed by atoms with Gasteiger partial charge in [-0.05, 0) is 87.0 Å². The highest BCUT2D eigenvalue weighted by Crippen LogP contribution is 2.42. The van der Waals surface area contributed by atoms with Crippen molar-refractivity contribution in [2.45, 2.75) is 179 Å². The number of ether oxygens (including phenoxy) is 7. The van der Waals surface area contributed by atoms with E-state index in [0.717, 1.165) is 0 Å². The number of nitrogens with two attached hydrogens (primary N) is 1. The number of carbonyl (C=O) groups excluding carboxylic acids is 3. The van der Waals surface area contributed by atoms with Crippen LogP contribution in [0.4, 0.5) is 0 Å². The Bertz CT molecular complexity index is 1630. The van der Waals surface area contributed by atoms with Gasteiger partial charge in [-0.15, -0.1) is 0 Å². The van der Waals surface area contributed by atoms with Crippen LogP contribution in [0.2, 0.25) is 0 Å². The molecule has 0 saturated carbocycles. The summed E-state index contributed by atoms with van der Waals surface area (Å²) in [4.78, 5) is 40.6. The Balaban J connectivity index is 0.000000895. The number of phenols is 1. The molecule has 0 radical (unpaired) electrons. The number of hydrogen-bond acceptors (Lipinski definition) is 16. The number of aliphatic hydroxyl groups excluding tert-OH is 3. The molecule has 3 fully saturated rings. The monoisotopic (exact) mass is 885 g/mol. The van der Waals surface area contributed by atoms with E-state index < -0.39 is 108 Å². The number of rotatable bonds is 9. The van der Waals surface area contributed by atoms with Gasteiger partial charge in [-0.3, -0.25) is 14.4 Å². The SMILES string of the molecule is CC[C@H]1OC(=O)[C@H](C)[C@@H](O[C@H]2C[C@@](C)(OC)[C@@H](O)[C@H](C)O2)C(C)[C@@H](O[C@@H]2O[C@H](C)C[C@H](N(C)C)[C@H]2O)[C@](C)(OC)C[C@@H](C)C(=O)[C@H](C)[C@@H](O)[C@]1(C)O.NC(=O)c1ccccc1O. The number of aromatic hydroxyl groups is 1. The summed E-state index contributed by atoms with van der Waals surface area (Å²) in [7, 11) is 6.77. The van der Waals surface area contributed by atoms with Crippen molar-refractivity contribution < 1.29 is 73.1 Å². The minimum Gasteiger partial charge on any atom is -0.507 e. The lowest BCUT2D eigenvalue weighted by atomic mass is 9.74. The topological polar surface area (TPSA) is 246 Å². The second-order valence-corrected chi connectivity index (χ2v) is 18.5. The molecular weight excluding hydrogens is 808 g/mol. The predicted molar refractivity (Wildman–Crippen MR) is 228 cm³/mol. The van der Waals surface area contributed by atoms with Crippen molar-refractivity contribution in [3.63, 3.8) is 0 Å². The summed E-state index contributed by atoms with van der Waals surface area (Å²) in [6.07, 6.45) is -8.73. The first-order chi connectivity index (χ1) is 28.7. The molecule has 3 heterocycles. The van der Waals surface area contributed by atoms with Gasteiger partial charge in [0.25, 0.3) is 5.91 Å². The van der Waals surface area contributed by atoms with Gasteiger partial charge in [0.1, 0.15) is 35.4 Å². The van der Waals surface area contributed by atoms with Crippen molar-refractivity contribution in [2.75, 3.05) is 28.3 Å². The highest BCUT2D eigenvalue weighted by molar-refractivity contribution is 5.95. The van der Waals surface area contributed by atoms with Crippen molar-refractivity contribution in [1.82, 2.24) is 4.90 Å². The molecule has 0 aliphatic carbocycles. The van der Waals surface area contributed by atoms with Crippen LogP contribution in [0.1, 0.15) is 105 Å². The van der Waals surface area contributed by atoms with Crippen LogP contribution in [0, 0.1) is 23.7 Å². The molecule has 62 heavy (non-hydrogen) atoms. The number of ketones is 1. The van der Waals surface area contributed by atoms with Crippen LogP contribution in [-0.4, -0.2) is 161 Å². The molecule has 7 N–H and O–H groups in total. The van der Waals surface area contributed by atoms with E-state index in [-0.39, 0.29) is 48.5 Å². The standard InChI is InChI=1S/C38H69NO13.C7H7NO2/c1-15-26-38(10,45)31(42)21(4)28(40)19(2)17-37(9,47-14)33(52-35-29(41)25(39(11)12)16-20(3)48-35)22(5)30(23(6)34(44)50-26)51-27-18-36(8,46-13)32(43)24(7)49-27;8-7(10)5-3-1-2-4-6(5)9/h19-27,29-33,35,41-43,45H,15-18H2,1-14H3;1-4,9H,(H2,8,10)/t19-,20-,21+,22?,23-,24+,25+,26-,27+,29-,30+,31-,32+,33-,35+,36-,37-,38-;/m1./s1. The largest absolute Gasteiger partial charge is 0.507 e. The van der Waals surface area contributed by atoms with Crippen molar-refractivity contribution >= 4 is 17.7 Å². The average Bonchev–Trinajstić information content (AvgIpc) is 3.22. The van der Waals surface area contributed by atoms with Crippen LogP contribution < -0.4 is 5.73 Å². The summed E-state index contributed by atoms with van der Waals surface area (Å²) in [6.45, 7) is 17.1. The van der Waals surface area contributed by atoms with Crippen LogP contribution >= 0.6 is 0 Å². The number of nitrogens with zero attached hydrogens (tertiary/aromatic N) is 1. The fourth-order valence-electron chi connectivity index (χ4n) is 9.27. The van der Waals surface area contributed by atoms with Crippen LogP contribution in [-0.2, 0) is 42.7 Å². The number of benzene rings is 1. The van der Waals surface area contributed by atoms with Gasteiger partial charge in [0.15, 0.2) is 12.6 Å². The first kappa shape index (κ1) is 53.5. The lowest BCUT2D eigenvalue weighted by Crippen LogP contribution is -2.61. The Kier molecular flexibility index (Phi) is 18.9. The van der Waals surface area contributed by atoms with E-state index in [2.05, 4.69) is 0 Å². The second-order valence-electron chi connectivity index (χ2n) is 18.5. The lowest BCUT2D eigenvalue weighted by molar-refractivity contribution is -0.319. The third-order valence-electron chi connectivity index (χ3n) is 13.4. The number of hydrogen-bond donors (Lipinski definition) is 6. The molecule has 0 aromatic heterocycles. The number of cyclic esters (lactones) is 1. The number of aliphatic hydroxyl groups is 4. The zero-order valence-corrected chi connectivity index (χ0v) is 39.1. The van der Waals surface area contributed by atoms with E-state index in [1.54, 1.807) is 60.6 Å². The Morgan fingerprint density at radius 3 is 2.00 bits per heavy atom. The van der Waals surface area contributed by atoms with Gasteiger partial charge in [0, 0.05) is 44.4 Å². The number of primary amides is 1. The molecule has 0 spiro atoms. The Morgan fingerprint density at radius 2 is 1.48 bits per heavy atom. The molecule has 1 amide bonds. The van der Waals surface area contributed by atoms with Crippen LogP contribution in [0.5, 0.6) is 5.75 Å². The normalized spacial score (nSPS) is 42.6. The number of para-hydroxylation sites is 1. The maximum atomic E-state index is 14.2. The molecule has 1 aromatic carbocycles. The zero-order valence-electron chi connectivity index (χ0n) is 39.1. The van der Waals surface area contributed by atoms with Gasteiger partial charge >= 0.3 is 5.97 Å². The quantitative estimate of drug-likeness (QED) is 0.195. The van der Waals surface area contributed by atoms with Gasteiger partial charge in [-0.1, -0.05) is 39.8 Å². The third-order valence-corrected chi connectivity index (χ3v) is 13.4. The van der Waals surface area contributed by atoms with Gasteiger partial charge < -0.3 is 69.3 Å². The third kappa shape index (κ3) is 12.1. The first-order valence-corrected chi connectivity index (χ1v) is 21.7. The highest BCUT2D eigenvalue weighted by atomic mass is 16.7. The van der Waals surface area contributed by atoms with Crippen molar-refractivity contribution in [2.24, 2.45) is 29.4 Å². The van der Waals surface area contributed by atoms with E-state index in [1.165, 1.54) is 33.3 Å². The number of amides is 1. The summed E-state index contributed by atoms with van der Waals surface area (Å²) in [5, 5.41) is 54.5. The van der Waals surface area contributed by atoms with Gasteiger partial charge in [-0.2, -0.15) is 0 Å². The van der Waals surface area contributed by atoms with Crippen molar-refractivity contribution in [1.29, 1.82) is 0 Å². The minimum absolute atomic E-state index is 0.0741. The highest BCUT2D eigenvalue weighted by Gasteiger charge is 2.54. The lowest BCUT2D eigenvalue weighted by Gasteiger charge is -2.50. The van der Waals surface area contributed by atoms with Crippen LogP contribution in [0.15, 0.2) is 24.3 Å². The van der Waals surface area contributed by atoms with Crippen LogP contribution in [0.3, 0.4) is 0 Å². The number of likely N-dealkylation sites (N-methyl/N-ethyl adjacent to an activating group) is 1. The summed E-state index contributed by atoms with van der Waals surface area (Å²) in [6, 6.07) is 5.87. The summed E-state index contributed by atoms with van der Waals surface area (Å²) < 4.78 is 43.9. The smallest absolute Gasteiger partial charge is 0.311 e. The molecule has 17 nitrogen and oxygen atoms in total. The molecule has 3 aliphatic heterocycles. The summed E-state index contributed by atoms with van der Waals surface area (Å²) >= 11 is 0. The molecule has 1 aromatic rings. The Labute approximate surface area is 367 Å². The van der Waals surface area contributed by atoms with E-state index >= 15 is 0 Å². The molecular formula is C45H76N2O15. The van der Waals surface area contributed by atoms with Gasteiger partial charge in [0.2, 0.25) is 0 Å². The maximum Gasteiger partial charge on any atom is 0.311 e. The fraction of sp³-hybridized carbons (Fsp3) is 0.800. The van der Waals surface area contributed by atoms with E-state index in [0.29, 0.717) is 6.42 Å². The number of esters is 1. The van der Waals surface area contributed by atoms with Gasteiger partial charge in [0.05, 0.1) is 53.2 Å². The predicted octanol–water partition coefficient (Wildman–Crippen LogP) is 2.93. The molecule has 1 unspecified atom stereocenters. The molecule has 0 bridgehead atoms. The average molecular weight is 885 g/mol. The molecule has 18 atom stereocenters. The first-order valence-electron chi connectivity index (χ1n) is 21.7. The molecule has 17 heteroatoms. The summed E-state index contributed by atoms with van der Waals surface area (Å²) in [5.74, 6) is -5.16. The molecule has 3 saturated heterocycles. The van der Waals surface area contributed by atoms with Crippen LogP contribution in [0.25, 0.3) is 0 Å². The maximum absolute atomic E-state index is 14.2. The van der Waals surface area contributed by atoms with Gasteiger partial charge in [-0.25, -0.2) is 0 Å². The van der Waals surface area contributed by atoms with E-state index in [9.17, 15) is 34.8 Å². The number of carbonyl (C=O) groups is 3. The Morgan fingerprint density at radius 1 is 0.887 bits per heavy atom. The molecule has 4 rings (SSSR count). The molecule has 3 aliphatic rings. The van der Waals surface area contributed by atoms with E-state index in [1.807, 2.05) is 32.8 Å². The zero-order chi connectivity index (χ0) is 47.2. The van der Waals surface area contributed by atoms with E-state index in [4.69, 9.17) is 44.0 Å². The number of methoxy groups -OCH3 is 2. The summed E-state index contributed by atoms with van der Waals surface area (Å²) in [5.41, 5.74) is 0.827. The number of Topliss-reactive ketones (excluding diaryl/α,β-unsaturated/α-hetero) is 1. The molecule has 356 valence electrons. The van der Waals surface area contributed by atoms with Crippen molar-refractivity contribution in [3.8, 4) is 5.75 Å². The van der Waals surface area contributed by atoms with Crippen molar-refractivity contribution in [3.05, 3.63) is 29.8 Å². The fourth-order valence-corrected chi connectivity index (χ4v) is 9.27.